The maximum absolute atomic E-state index is 13.9. The average Bonchev–Trinajstić information content (AvgIpc) is 3.10. The van der Waals surface area contributed by atoms with E-state index in [4.69, 9.17) is 0 Å². The minimum atomic E-state index is -3.80. The Morgan fingerprint density at radius 1 is 0.742 bits per heavy atom. The van der Waals surface area contributed by atoms with Gasteiger partial charge in [0, 0.05) is 13.1 Å². The van der Waals surface area contributed by atoms with Crippen LogP contribution in [0.3, 0.4) is 0 Å². The van der Waals surface area contributed by atoms with E-state index in [-0.39, 0.29) is 18.0 Å². The topological polar surface area (TPSA) is 55.2 Å². The number of benzene rings is 3. The highest BCUT2D eigenvalue weighted by Crippen LogP contribution is 2.28. The van der Waals surface area contributed by atoms with Crippen LogP contribution in [0.5, 0.6) is 0 Å². The summed E-state index contributed by atoms with van der Waals surface area (Å²) in [6, 6.07) is 28.9. The molecule has 0 saturated heterocycles. The third-order valence-electron chi connectivity index (χ3n) is 5.23. The van der Waals surface area contributed by atoms with Crippen molar-refractivity contribution in [2.24, 2.45) is 0 Å². The first-order valence-corrected chi connectivity index (χ1v) is 11.6. The Labute approximate surface area is 183 Å². The second-order valence-corrected chi connectivity index (χ2v) is 9.37. The number of rotatable bonds is 7. The second kappa shape index (κ2) is 8.88. The maximum Gasteiger partial charge on any atom is 0.247 e. The number of aryl methyl sites for hydroxylation is 1. The molecule has 6 heteroatoms. The smallest absolute Gasteiger partial charge is 0.236 e. The highest BCUT2D eigenvalue weighted by molar-refractivity contribution is 7.89. The Balaban J connectivity index is 1.78. The fourth-order valence-electron chi connectivity index (χ4n) is 3.75. The van der Waals surface area contributed by atoms with Crippen LogP contribution in [0.15, 0.2) is 95.9 Å². The van der Waals surface area contributed by atoms with Gasteiger partial charge in [-0.25, -0.2) is 13.1 Å². The largest absolute Gasteiger partial charge is 0.247 e. The fraction of sp³-hybridized carbons (Fsp3) is 0.160. The van der Waals surface area contributed by atoms with Crippen LogP contribution in [0, 0.1) is 13.8 Å². The summed E-state index contributed by atoms with van der Waals surface area (Å²) in [5.41, 5.74) is 3.81. The molecule has 0 radical (unpaired) electrons. The number of nitrogens with zero attached hydrogens (tertiary/aromatic N) is 3. The second-order valence-electron chi connectivity index (χ2n) is 7.49. The van der Waals surface area contributed by atoms with E-state index in [9.17, 15) is 8.42 Å². The molecule has 4 aromatic rings. The molecule has 1 aromatic heterocycles. The van der Waals surface area contributed by atoms with E-state index in [0.29, 0.717) is 11.4 Å². The van der Waals surface area contributed by atoms with Crippen LogP contribution in [-0.4, -0.2) is 22.5 Å². The molecular formula is C25H25N3O2S. The van der Waals surface area contributed by atoms with Crippen molar-refractivity contribution in [3.63, 3.8) is 0 Å². The lowest BCUT2D eigenvalue weighted by atomic mass is 10.2. The molecule has 0 saturated carbocycles. The summed E-state index contributed by atoms with van der Waals surface area (Å²) in [5.74, 6) is 0. The predicted octanol–water partition coefficient (Wildman–Crippen LogP) is 4.88. The third-order valence-corrected chi connectivity index (χ3v) is 7.27. The molecule has 31 heavy (non-hydrogen) atoms. The summed E-state index contributed by atoms with van der Waals surface area (Å²) < 4.78 is 31.0. The number of sulfonamides is 1. The zero-order valence-corrected chi connectivity index (χ0v) is 18.5. The van der Waals surface area contributed by atoms with Crippen molar-refractivity contribution in [3.8, 4) is 5.69 Å². The van der Waals surface area contributed by atoms with E-state index in [1.165, 1.54) is 4.31 Å². The van der Waals surface area contributed by atoms with E-state index in [1.807, 2.05) is 97.9 Å². The lowest BCUT2D eigenvalue weighted by Crippen LogP contribution is -2.31. The lowest BCUT2D eigenvalue weighted by molar-refractivity contribution is 0.400. The molecule has 3 aromatic carbocycles. The number of para-hydroxylation sites is 1. The van der Waals surface area contributed by atoms with Gasteiger partial charge >= 0.3 is 0 Å². The molecule has 0 atom stereocenters. The Bertz CT molecular complexity index is 1210. The summed E-state index contributed by atoms with van der Waals surface area (Å²) >= 11 is 0. The zero-order valence-electron chi connectivity index (χ0n) is 17.6. The average molecular weight is 432 g/mol. The standard InChI is InChI=1S/C25H25N3O2S/c1-20-25(21(2)28(26-20)24-16-10-5-11-17-24)31(29,30)27(18-22-12-6-3-7-13-22)19-23-14-8-4-9-15-23/h3-17H,18-19H2,1-2H3. The van der Waals surface area contributed by atoms with E-state index in [2.05, 4.69) is 5.10 Å². The van der Waals surface area contributed by atoms with Crippen molar-refractivity contribution >= 4 is 10.0 Å². The van der Waals surface area contributed by atoms with Gasteiger partial charge < -0.3 is 0 Å². The van der Waals surface area contributed by atoms with Gasteiger partial charge in [0.05, 0.1) is 17.1 Å². The molecule has 0 aliphatic carbocycles. The molecule has 0 fully saturated rings. The molecule has 0 spiro atoms. The Morgan fingerprint density at radius 3 is 1.68 bits per heavy atom. The first-order chi connectivity index (χ1) is 15.0. The van der Waals surface area contributed by atoms with Gasteiger partial charge in [0.2, 0.25) is 10.0 Å². The van der Waals surface area contributed by atoms with Gasteiger partial charge in [0.15, 0.2) is 0 Å². The van der Waals surface area contributed by atoms with Crippen molar-refractivity contribution in [3.05, 3.63) is 114 Å². The van der Waals surface area contributed by atoms with Gasteiger partial charge in [-0.1, -0.05) is 78.9 Å². The van der Waals surface area contributed by atoms with Gasteiger partial charge in [-0.3, -0.25) is 0 Å². The molecule has 0 unspecified atom stereocenters. The SMILES string of the molecule is Cc1nn(-c2ccccc2)c(C)c1S(=O)(=O)N(Cc1ccccc1)Cc1ccccc1. The van der Waals surface area contributed by atoms with E-state index in [1.54, 1.807) is 11.6 Å². The van der Waals surface area contributed by atoms with Crippen LogP contribution in [0.4, 0.5) is 0 Å². The summed E-state index contributed by atoms with van der Waals surface area (Å²) in [6.45, 7) is 4.13. The molecular weight excluding hydrogens is 406 g/mol. The molecule has 0 aliphatic heterocycles. The van der Waals surface area contributed by atoms with Crippen LogP contribution in [-0.2, 0) is 23.1 Å². The monoisotopic (exact) mass is 431 g/mol. The van der Waals surface area contributed by atoms with E-state index >= 15 is 0 Å². The first-order valence-electron chi connectivity index (χ1n) is 10.2. The molecule has 0 N–H and O–H groups in total. The van der Waals surface area contributed by atoms with Gasteiger partial charge in [-0.2, -0.15) is 9.40 Å². The Hall–Kier alpha value is -3.22. The van der Waals surface area contributed by atoms with Crippen molar-refractivity contribution in [1.82, 2.24) is 14.1 Å². The van der Waals surface area contributed by atoms with Crippen molar-refractivity contribution in [2.45, 2.75) is 31.8 Å². The highest BCUT2D eigenvalue weighted by Gasteiger charge is 2.31. The lowest BCUT2D eigenvalue weighted by Gasteiger charge is -2.23. The fourth-order valence-corrected chi connectivity index (χ4v) is 5.52. The molecule has 158 valence electrons. The minimum absolute atomic E-state index is 0.267. The highest BCUT2D eigenvalue weighted by atomic mass is 32.2. The minimum Gasteiger partial charge on any atom is -0.236 e. The van der Waals surface area contributed by atoms with Crippen LogP contribution in [0.1, 0.15) is 22.5 Å². The van der Waals surface area contributed by atoms with Crippen LogP contribution in [0.25, 0.3) is 5.69 Å². The summed E-state index contributed by atoms with van der Waals surface area (Å²) in [7, 11) is -3.80. The normalized spacial score (nSPS) is 11.7. The number of hydrogen-bond acceptors (Lipinski definition) is 3. The quantitative estimate of drug-likeness (QED) is 0.419. The molecule has 5 nitrogen and oxygen atoms in total. The van der Waals surface area contributed by atoms with E-state index < -0.39 is 10.0 Å². The van der Waals surface area contributed by atoms with Gasteiger partial charge in [-0.15, -0.1) is 0 Å². The Kier molecular flexibility index (Phi) is 6.02. The summed E-state index contributed by atoms with van der Waals surface area (Å²) in [5, 5.41) is 4.55. The van der Waals surface area contributed by atoms with Gasteiger partial charge in [-0.05, 0) is 37.1 Å². The van der Waals surface area contributed by atoms with Crippen LogP contribution < -0.4 is 0 Å². The molecule has 4 rings (SSSR count). The van der Waals surface area contributed by atoms with Gasteiger partial charge in [0.25, 0.3) is 0 Å². The predicted molar refractivity (Wildman–Crippen MR) is 122 cm³/mol. The Morgan fingerprint density at radius 2 is 1.19 bits per heavy atom. The van der Waals surface area contributed by atoms with Crippen molar-refractivity contribution < 1.29 is 8.42 Å². The molecule has 0 aliphatic rings. The zero-order chi connectivity index (χ0) is 21.8. The van der Waals surface area contributed by atoms with E-state index in [0.717, 1.165) is 16.8 Å². The van der Waals surface area contributed by atoms with Gasteiger partial charge in [0.1, 0.15) is 4.90 Å². The van der Waals surface area contributed by atoms with Crippen molar-refractivity contribution in [1.29, 1.82) is 0 Å². The summed E-state index contributed by atoms with van der Waals surface area (Å²) in [4.78, 5) is 0.267. The van der Waals surface area contributed by atoms with Crippen molar-refractivity contribution in [2.75, 3.05) is 0 Å². The molecule has 1 heterocycles. The van der Waals surface area contributed by atoms with Crippen LogP contribution in [0.2, 0.25) is 0 Å². The summed E-state index contributed by atoms with van der Waals surface area (Å²) in [6.07, 6.45) is 0. The van der Waals surface area contributed by atoms with Crippen LogP contribution >= 0.6 is 0 Å². The number of aromatic nitrogens is 2. The molecule has 0 bridgehead atoms. The number of hydrogen-bond donors (Lipinski definition) is 0. The first kappa shape index (κ1) is 21.0. The third kappa shape index (κ3) is 4.45. The molecule has 0 amide bonds. The maximum atomic E-state index is 13.9.